The molecule has 2 heterocycles. The van der Waals surface area contributed by atoms with E-state index in [9.17, 15) is 18.0 Å². The van der Waals surface area contributed by atoms with Gasteiger partial charge in [0, 0.05) is 38.4 Å². The molecule has 0 aromatic carbocycles. The maximum atomic E-state index is 12.5. The first-order valence-corrected chi connectivity index (χ1v) is 8.03. The van der Waals surface area contributed by atoms with Crippen LogP contribution in [0.15, 0.2) is 12.4 Å². The van der Waals surface area contributed by atoms with Crippen LogP contribution in [-0.2, 0) is 6.54 Å². The lowest BCUT2D eigenvalue weighted by Crippen LogP contribution is -2.56. The van der Waals surface area contributed by atoms with Crippen molar-refractivity contribution in [3.63, 3.8) is 0 Å². The van der Waals surface area contributed by atoms with E-state index in [1.165, 1.54) is 9.80 Å². The van der Waals surface area contributed by atoms with Crippen molar-refractivity contribution in [3.8, 4) is 0 Å². The van der Waals surface area contributed by atoms with Gasteiger partial charge in [0.25, 0.3) is 0 Å². The molecule has 1 saturated heterocycles. The quantitative estimate of drug-likeness (QED) is 0.911. The summed E-state index contributed by atoms with van der Waals surface area (Å²) in [6.07, 6.45) is -0.894. The summed E-state index contributed by atoms with van der Waals surface area (Å²) < 4.78 is 39.3. The Balaban J connectivity index is 1.87. The normalized spacial score (nSPS) is 19.8. The zero-order valence-electron chi connectivity index (χ0n) is 14.2. The molecule has 1 aromatic rings. The van der Waals surface area contributed by atoms with E-state index >= 15 is 0 Å². The molecule has 0 saturated carbocycles. The predicted molar refractivity (Wildman–Crippen MR) is 84.7 cm³/mol. The maximum Gasteiger partial charge on any atom is 0.401 e. The smallest absolute Gasteiger partial charge is 0.322 e. The number of rotatable bonds is 4. The van der Waals surface area contributed by atoms with Crippen molar-refractivity contribution >= 4 is 11.7 Å². The van der Waals surface area contributed by atoms with E-state index in [4.69, 9.17) is 0 Å². The number of anilines is 1. The second-order valence-electron chi connectivity index (χ2n) is 6.66. The molecule has 1 aromatic heterocycles. The van der Waals surface area contributed by atoms with Gasteiger partial charge in [-0.3, -0.25) is 9.58 Å². The van der Waals surface area contributed by atoms with Crippen LogP contribution in [0.4, 0.5) is 23.7 Å². The minimum Gasteiger partial charge on any atom is -0.322 e. The molecule has 0 aliphatic carbocycles. The van der Waals surface area contributed by atoms with Crippen LogP contribution in [0, 0.1) is 5.92 Å². The first kappa shape index (κ1) is 18.6. The fourth-order valence-corrected chi connectivity index (χ4v) is 2.75. The molecule has 2 amide bonds. The van der Waals surface area contributed by atoms with Crippen LogP contribution >= 0.6 is 0 Å². The molecule has 1 aliphatic rings. The van der Waals surface area contributed by atoms with Gasteiger partial charge in [-0.25, -0.2) is 4.79 Å². The standard InChI is InChI=1S/C15H24F3N5O/c1-11(2)7-23-9-13(6-19-23)20-14(24)21-4-5-22(12(3)8-21)10-15(16,17)18/h6,9,11-12H,4-5,7-8,10H2,1-3H3,(H,20,24). The Morgan fingerprint density at radius 1 is 1.42 bits per heavy atom. The number of alkyl halides is 3. The van der Waals surface area contributed by atoms with Crippen molar-refractivity contribution in [1.29, 1.82) is 0 Å². The van der Waals surface area contributed by atoms with E-state index in [0.29, 0.717) is 11.6 Å². The van der Waals surface area contributed by atoms with Crippen molar-refractivity contribution in [2.45, 2.75) is 39.5 Å². The summed E-state index contributed by atoms with van der Waals surface area (Å²) in [6, 6.07) is -0.646. The zero-order chi connectivity index (χ0) is 17.9. The van der Waals surface area contributed by atoms with Gasteiger partial charge >= 0.3 is 12.2 Å². The Kier molecular flexibility index (Phi) is 5.74. The summed E-state index contributed by atoms with van der Waals surface area (Å²) in [4.78, 5) is 15.2. The number of hydrogen-bond donors (Lipinski definition) is 1. The van der Waals surface area contributed by atoms with Crippen LogP contribution in [0.1, 0.15) is 20.8 Å². The maximum absolute atomic E-state index is 12.5. The predicted octanol–water partition coefficient (Wildman–Crippen LogP) is 2.64. The van der Waals surface area contributed by atoms with Gasteiger partial charge in [0.15, 0.2) is 0 Å². The van der Waals surface area contributed by atoms with Crippen LogP contribution in [-0.4, -0.2) is 64.0 Å². The van der Waals surface area contributed by atoms with Gasteiger partial charge in [0.05, 0.1) is 18.4 Å². The number of aromatic nitrogens is 2. The number of halogens is 3. The van der Waals surface area contributed by atoms with Crippen LogP contribution in [0.2, 0.25) is 0 Å². The van der Waals surface area contributed by atoms with E-state index in [1.807, 2.05) is 0 Å². The lowest BCUT2D eigenvalue weighted by molar-refractivity contribution is -0.153. The topological polar surface area (TPSA) is 53.4 Å². The molecule has 1 atom stereocenters. The first-order chi connectivity index (χ1) is 11.1. The van der Waals surface area contributed by atoms with E-state index in [0.717, 1.165) is 6.54 Å². The van der Waals surface area contributed by atoms with Gasteiger partial charge in [0.2, 0.25) is 0 Å². The number of piperazine rings is 1. The Bertz CT molecular complexity index is 558. The number of urea groups is 1. The molecule has 0 spiro atoms. The highest BCUT2D eigenvalue weighted by atomic mass is 19.4. The molecule has 0 bridgehead atoms. The third-order valence-electron chi connectivity index (χ3n) is 3.87. The average Bonchev–Trinajstić information content (AvgIpc) is 2.85. The van der Waals surface area contributed by atoms with Crippen molar-refractivity contribution in [1.82, 2.24) is 19.6 Å². The first-order valence-electron chi connectivity index (χ1n) is 8.03. The Hall–Kier alpha value is -1.77. The van der Waals surface area contributed by atoms with Gasteiger partial charge in [-0.05, 0) is 12.8 Å². The third kappa shape index (κ3) is 5.40. The molecule has 1 aliphatic heterocycles. The Morgan fingerprint density at radius 3 is 2.71 bits per heavy atom. The van der Waals surface area contributed by atoms with E-state index in [-0.39, 0.29) is 31.7 Å². The van der Waals surface area contributed by atoms with E-state index in [1.54, 1.807) is 24.0 Å². The van der Waals surface area contributed by atoms with Gasteiger partial charge in [0.1, 0.15) is 0 Å². The summed E-state index contributed by atoms with van der Waals surface area (Å²) in [5.41, 5.74) is 0.589. The van der Waals surface area contributed by atoms with Crippen molar-refractivity contribution in [2.75, 3.05) is 31.5 Å². The number of hydrogen-bond acceptors (Lipinski definition) is 3. The van der Waals surface area contributed by atoms with Crippen molar-refractivity contribution in [3.05, 3.63) is 12.4 Å². The van der Waals surface area contributed by atoms with Gasteiger partial charge in [-0.15, -0.1) is 0 Å². The van der Waals surface area contributed by atoms with E-state index < -0.39 is 12.7 Å². The number of carbonyl (C=O) groups is 1. The van der Waals surface area contributed by atoms with Gasteiger partial charge in [-0.2, -0.15) is 18.3 Å². The molecule has 1 N–H and O–H groups in total. The molecule has 2 rings (SSSR count). The van der Waals surface area contributed by atoms with Crippen molar-refractivity contribution < 1.29 is 18.0 Å². The summed E-state index contributed by atoms with van der Waals surface area (Å²) in [7, 11) is 0. The third-order valence-corrected chi connectivity index (χ3v) is 3.87. The summed E-state index contributed by atoms with van der Waals surface area (Å²) in [5, 5.41) is 6.92. The average molecular weight is 347 g/mol. The molecule has 1 fully saturated rings. The Labute approximate surface area is 139 Å². The molecule has 6 nitrogen and oxygen atoms in total. The lowest BCUT2D eigenvalue weighted by atomic mass is 10.2. The number of nitrogens with one attached hydrogen (secondary N) is 1. The van der Waals surface area contributed by atoms with Crippen molar-refractivity contribution in [2.24, 2.45) is 5.92 Å². The molecule has 24 heavy (non-hydrogen) atoms. The molecule has 0 radical (unpaired) electrons. The number of amides is 2. The lowest BCUT2D eigenvalue weighted by Gasteiger charge is -2.39. The summed E-state index contributed by atoms with van der Waals surface area (Å²) in [6.45, 7) is 6.40. The molecule has 136 valence electrons. The molecular formula is C15H24F3N5O. The second-order valence-corrected chi connectivity index (χ2v) is 6.66. The minimum absolute atomic E-state index is 0.209. The second kappa shape index (κ2) is 7.42. The number of nitrogens with zero attached hydrogens (tertiary/aromatic N) is 4. The SMILES string of the molecule is CC(C)Cn1cc(NC(=O)N2CCN(CC(F)(F)F)C(C)C2)cn1. The van der Waals surface area contributed by atoms with Crippen LogP contribution in [0.3, 0.4) is 0 Å². The van der Waals surface area contributed by atoms with Gasteiger partial charge < -0.3 is 10.2 Å². The molecule has 9 heteroatoms. The highest BCUT2D eigenvalue weighted by Crippen LogP contribution is 2.20. The van der Waals surface area contributed by atoms with Crippen LogP contribution in [0.25, 0.3) is 0 Å². The highest BCUT2D eigenvalue weighted by Gasteiger charge is 2.35. The van der Waals surface area contributed by atoms with Crippen LogP contribution in [0.5, 0.6) is 0 Å². The Morgan fingerprint density at radius 2 is 2.12 bits per heavy atom. The molecular weight excluding hydrogens is 323 g/mol. The van der Waals surface area contributed by atoms with Gasteiger partial charge in [-0.1, -0.05) is 13.8 Å². The zero-order valence-corrected chi connectivity index (χ0v) is 14.2. The number of carbonyl (C=O) groups excluding carboxylic acids is 1. The van der Waals surface area contributed by atoms with Crippen LogP contribution < -0.4 is 5.32 Å². The highest BCUT2D eigenvalue weighted by molar-refractivity contribution is 5.89. The molecule has 1 unspecified atom stereocenters. The fourth-order valence-electron chi connectivity index (χ4n) is 2.75. The fraction of sp³-hybridized carbons (Fsp3) is 0.733. The summed E-state index contributed by atoms with van der Waals surface area (Å²) in [5.74, 6) is 0.441. The monoisotopic (exact) mass is 347 g/mol. The summed E-state index contributed by atoms with van der Waals surface area (Å²) >= 11 is 0. The van der Waals surface area contributed by atoms with E-state index in [2.05, 4.69) is 24.3 Å². The minimum atomic E-state index is -4.22. The largest absolute Gasteiger partial charge is 0.401 e.